The van der Waals surface area contributed by atoms with Crippen molar-refractivity contribution in [1.82, 2.24) is 10.3 Å². The molecule has 1 unspecified atom stereocenters. The highest BCUT2D eigenvalue weighted by Gasteiger charge is 2.15. The zero-order valence-corrected chi connectivity index (χ0v) is 10.6. The first-order chi connectivity index (χ1) is 8.71. The number of carbonyl (C=O) groups excluding carboxylic acids is 1. The topological polar surface area (TPSA) is 75.0 Å². The number of hydrogen-bond donors (Lipinski definition) is 1. The summed E-state index contributed by atoms with van der Waals surface area (Å²) >= 11 is 0. The number of nitriles is 1. The molecule has 0 saturated carbocycles. The average molecular weight is 247 g/mol. The van der Waals surface area contributed by atoms with Crippen LogP contribution in [0.4, 0.5) is 0 Å². The predicted molar refractivity (Wildman–Crippen MR) is 66.6 cm³/mol. The molecule has 0 fully saturated rings. The van der Waals surface area contributed by atoms with E-state index in [4.69, 9.17) is 10.00 Å². The van der Waals surface area contributed by atoms with Crippen molar-refractivity contribution in [2.45, 2.75) is 26.3 Å². The Morgan fingerprint density at radius 1 is 1.67 bits per heavy atom. The fraction of sp³-hybridized carbons (Fsp3) is 0.462. The van der Waals surface area contributed by atoms with Crippen molar-refractivity contribution in [3.05, 3.63) is 23.9 Å². The maximum absolute atomic E-state index is 11.7. The first kappa shape index (κ1) is 14.0. The molecular weight excluding hydrogens is 230 g/mol. The number of methoxy groups -OCH3 is 1. The Morgan fingerprint density at radius 3 is 3.06 bits per heavy atom. The van der Waals surface area contributed by atoms with Crippen molar-refractivity contribution < 1.29 is 9.53 Å². The summed E-state index contributed by atoms with van der Waals surface area (Å²) in [5, 5.41) is 11.6. The van der Waals surface area contributed by atoms with Gasteiger partial charge in [-0.3, -0.25) is 4.79 Å². The molecule has 96 valence electrons. The molecule has 0 aliphatic heterocycles. The third-order valence-corrected chi connectivity index (χ3v) is 2.52. The molecule has 5 heteroatoms. The fourth-order valence-corrected chi connectivity index (χ4v) is 1.53. The van der Waals surface area contributed by atoms with Crippen LogP contribution in [0.25, 0.3) is 0 Å². The summed E-state index contributed by atoms with van der Waals surface area (Å²) < 4.78 is 4.99. The van der Waals surface area contributed by atoms with E-state index in [1.807, 2.05) is 13.0 Å². The molecule has 1 aromatic heterocycles. The number of carbonyl (C=O) groups is 1. The summed E-state index contributed by atoms with van der Waals surface area (Å²) in [6.45, 7) is 2.32. The standard InChI is InChI=1S/C13H17N3O2/c1-3-4-11(8-14)13(17)16-9-10-5-6-15-12(7-10)18-2/h5-7,11H,3-4,9H2,1-2H3,(H,16,17). The summed E-state index contributed by atoms with van der Waals surface area (Å²) in [4.78, 5) is 15.7. The molecule has 1 atom stereocenters. The quantitative estimate of drug-likeness (QED) is 0.829. The lowest BCUT2D eigenvalue weighted by molar-refractivity contribution is -0.123. The van der Waals surface area contributed by atoms with E-state index in [2.05, 4.69) is 10.3 Å². The molecule has 0 aliphatic rings. The Balaban J connectivity index is 2.54. The lowest BCUT2D eigenvalue weighted by atomic mass is 10.0. The Hall–Kier alpha value is -2.09. The maximum Gasteiger partial charge on any atom is 0.237 e. The van der Waals surface area contributed by atoms with Crippen LogP contribution < -0.4 is 10.1 Å². The van der Waals surface area contributed by atoms with Gasteiger partial charge in [-0.15, -0.1) is 0 Å². The van der Waals surface area contributed by atoms with Crippen LogP contribution in [0.1, 0.15) is 25.3 Å². The van der Waals surface area contributed by atoms with Crippen LogP contribution in [-0.2, 0) is 11.3 Å². The second kappa shape index (κ2) is 7.28. The Labute approximate surface area is 107 Å². The van der Waals surface area contributed by atoms with Gasteiger partial charge < -0.3 is 10.1 Å². The third kappa shape index (κ3) is 4.06. The Bertz CT molecular complexity index is 440. The number of aromatic nitrogens is 1. The SMILES string of the molecule is CCCC(C#N)C(=O)NCc1ccnc(OC)c1. The van der Waals surface area contributed by atoms with E-state index >= 15 is 0 Å². The minimum Gasteiger partial charge on any atom is -0.481 e. The van der Waals surface area contributed by atoms with Gasteiger partial charge in [0.1, 0.15) is 5.92 Å². The molecule has 0 radical (unpaired) electrons. The minimum absolute atomic E-state index is 0.227. The monoisotopic (exact) mass is 247 g/mol. The molecule has 0 bridgehead atoms. The van der Waals surface area contributed by atoms with E-state index in [0.717, 1.165) is 12.0 Å². The Kier molecular flexibility index (Phi) is 5.65. The highest BCUT2D eigenvalue weighted by atomic mass is 16.5. The van der Waals surface area contributed by atoms with Crippen LogP contribution in [0.3, 0.4) is 0 Å². The molecule has 18 heavy (non-hydrogen) atoms. The summed E-state index contributed by atoms with van der Waals surface area (Å²) in [7, 11) is 1.54. The van der Waals surface area contributed by atoms with E-state index < -0.39 is 5.92 Å². The molecule has 1 N–H and O–H groups in total. The second-order valence-corrected chi connectivity index (χ2v) is 3.89. The maximum atomic E-state index is 11.7. The summed E-state index contributed by atoms with van der Waals surface area (Å²) in [6.07, 6.45) is 3.02. The van der Waals surface area contributed by atoms with Gasteiger partial charge in [-0.1, -0.05) is 13.3 Å². The number of ether oxygens (including phenoxy) is 1. The lowest BCUT2D eigenvalue weighted by Crippen LogP contribution is -2.29. The smallest absolute Gasteiger partial charge is 0.237 e. The highest BCUT2D eigenvalue weighted by Crippen LogP contribution is 2.09. The Morgan fingerprint density at radius 2 is 2.44 bits per heavy atom. The normalized spacial score (nSPS) is 11.4. The predicted octanol–water partition coefficient (Wildman–Crippen LogP) is 1.65. The number of nitrogens with one attached hydrogen (secondary N) is 1. The molecule has 1 amide bonds. The van der Waals surface area contributed by atoms with E-state index in [9.17, 15) is 4.79 Å². The zero-order chi connectivity index (χ0) is 13.4. The van der Waals surface area contributed by atoms with Crippen molar-refractivity contribution in [2.75, 3.05) is 7.11 Å². The first-order valence-corrected chi connectivity index (χ1v) is 5.87. The van der Waals surface area contributed by atoms with Gasteiger partial charge in [-0.05, 0) is 18.1 Å². The zero-order valence-electron chi connectivity index (χ0n) is 10.6. The van der Waals surface area contributed by atoms with Gasteiger partial charge in [0.2, 0.25) is 11.8 Å². The van der Waals surface area contributed by atoms with Gasteiger partial charge in [0.05, 0.1) is 13.2 Å². The van der Waals surface area contributed by atoms with Gasteiger partial charge in [0.15, 0.2) is 0 Å². The third-order valence-electron chi connectivity index (χ3n) is 2.52. The molecule has 1 rings (SSSR count). The summed E-state index contributed by atoms with van der Waals surface area (Å²) in [5.74, 6) is -0.291. The largest absolute Gasteiger partial charge is 0.481 e. The molecular formula is C13H17N3O2. The summed E-state index contributed by atoms with van der Waals surface area (Å²) in [6, 6.07) is 5.56. The van der Waals surface area contributed by atoms with E-state index in [1.165, 1.54) is 7.11 Å². The van der Waals surface area contributed by atoms with Crippen LogP contribution >= 0.6 is 0 Å². The van der Waals surface area contributed by atoms with Crippen molar-refractivity contribution in [3.63, 3.8) is 0 Å². The molecule has 0 saturated heterocycles. The van der Waals surface area contributed by atoms with Gasteiger partial charge >= 0.3 is 0 Å². The van der Waals surface area contributed by atoms with Crippen LogP contribution in [0.15, 0.2) is 18.3 Å². The van der Waals surface area contributed by atoms with Gasteiger partial charge in [0, 0.05) is 18.8 Å². The van der Waals surface area contributed by atoms with Crippen molar-refractivity contribution in [2.24, 2.45) is 5.92 Å². The van der Waals surface area contributed by atoms with Crippen LogP contribution in [0.5, 0.6) is 5.88 Å². The number of nitrogens with zero attached hydrogens (tertiary/aromatic N) is 2. The van der Waals surface area contributed by atoms with Gasteiger partial charge in [0.25, 0.3) is 0 Å². The van der Waals surface area contributed by atoms with Crippen molar-refractivity contribution >= 4 is 5.91 Å². The number of rotatable bonds is 6. The molecule has 1 heterocycles. The van der Waals surface area contributed by atoms with Crippen molar-refractivity contribution in [1.29, 1.82) is 5.26 Å². The minimum atomic E-state index is -0.571. The summed E-state index contributed by atoms with van der Waals surface area (Å²) in [5.41, 5.74) is 0.892. The molecule has 5 nitrogen and oxygen atoms in total. The van der Waals surface area contributed by atoms with Crippen LogP contribution in [-0.4, -0.2) is 18.0 Å². The highest BCUT2D eigenvalue weighted by molar-refractivity contribution is 5.80. The average Bonchev–Trinajstić information content (AvgIpc) is 2.42. The molecule has 0 aliphatic carbocycles. The van der Waals surface area contributed by atoms with E-state index in [0.29, 0.717) is 18.8 Å². The van der Waals surface area contributed by atoms with Gasteiger partial charge in [-0.2, -0.15) is 5.26 Å². The van der Waals surface area contributed by atoms with Gasteiger partial charge in [-0.25, -0.2) is 4.98 Å². The van der Waals surface area contributed by atoms with Crippen molar-refractivity contribution in [3.8, 4) is 11.9 Å². The van der Waals surface area contributed by atoms with Crippen LogP contribution in [0.2, 0.25) is 0 Å². The van der Waals surface area contributed by atoms with Crippen LogP contribution in [0, 0.1) is 17.2 Å². The number of hydrogen-bond acceptors (Lipinski definition) is 4. The number of amides is 1. The number of pyridine rings is 1. The lowest BCUT2D eigenvalue weighted by Gasteiger charge is -2.09. The molecule has 0 spiro atoms. The molecule has 0 aromatic carbocycles. The fourth-order valence-electron chi connectivity index (χ4n) is 1.53. The van der Waals surface area contributed by atoms with E-state index in [-0.39, 0.29) is 5.91 Å². The van der Waals surface area contributed by atoms with E-state index in [1.54, 1.807) is 18.3 Å². The second-order valence-electron chi connectivity index (χ2n) is 3.89. The first-order valence-electron chi connectivity index (χ1n) is 5.87. The molecule has 1 aromatic rings.